The van der Waals surface area contributed by atoms with E-state index in [0.717, 1.165) is 30.8 Å². The van der Waals surface area contributed by atoms with Crippen molar-refractivity contribution in [1.82, 2.24) is 5.32 Å². The Hall–Kier alpha value is -2.73. The number of ether oxygens (including phenoxy) is 4. The van der Waals surface area contributed by atoms with Gasteiger partial charge in [0.2, 0.25) is 0 Å². The summed E-state index contributed by atoms with van der Waals surface area (Å²) in [5, 5.41) is 2.95. The Kier molecular flexibility index (Phi) is 7.14. The number of benzene rings is 2. The molecule has 1 aliphatic rings. The molecule has 0 unspecified atom stereocenters. The molecule has 150 valence electrons. The van der Waals surface area contributed by atoms with Crippen LogP contribution in [0.1, 0.15) is 35.7 Å². The summed E-state index contributed by atoms with van der Waals surface area (Å²) in [6.07, 6.45) is 2.15. The third-order valence-corrected chi connectivity index (χ3v) is 4.57. The van der Waals surface area contributed by atoms with Crippen LogP contribution < -0.4 is 19.5 Å². The van der Waals surface area contributed by atoms with Crippen LogP contribution in [0.2, 0.25) is 0 Å². The molecule has 1 saturated heterocycles. The third kappa shape index (κ3) is 5.39. The number of amides is 1. The lowest BCUT2D eigenvalue weighted by atomic mass is 10.1. The van der Waals surface area contributed by atoms with Crippen LogP contribution >= 0.6 is 0 Å². The molecule has 0 aliphatic carbocycles. The van der Waals surface area contributed by atoms with Gasteiger partial charge in [0.15, 0.2) is 0 Å². The van der Waals surface area contributed by atoms with Gasteiger partial charge in [-0.3, -0.25) is 4.79 Å². The Morgan fingerprint density at radius 1 is 1.18 bits per heavy atom. The molecule has 0 spiro atoms. The smallest absolute Gasteiger partial charge is 0.251 e. The molecule has 0 radical (unpaired) electrons. The highest BCUT2D eigenvalue weighted by atomic mass is 16.5. The number of rotatable bonds is 9. The molecular weight excluding hydrogens is 358 g/mol. The molecule has 0 aromatic heterocycles. The molecule has 0 saturated carbocycles. The maximum Gasteiger partial charge on any atom is 0.251 e. The van der Waals surface area contributed by atoms with Crippen molar-refractivity contribution in [3.05, 3.63) is 53.6 Å². The summed E-state index contributed by atoms with van der Waals surface area (Å²) in [5.41, 5.74) is 1.39. The second-order valence-electron chi connectivity index (χ2n) is 6.57. The van der Waals surface area contributed by atoms with Crippen molar-refractivity contribution >= 4 is 5.91 Å². The van der Waals surface area contributed by atoms with E-state index in [9.17, 15) is 4.79 Å². The minimum Gasteiger partial charge on any atom is -0.497 e. The van der Waals surface area contributed by atoms with Gasteiger partial charge < -0.3 is 24.3 Å². The number of carbonyl (C=O) groups is 1. The van der Waals surface area contributed by atoms with E-state index in [2.05, 4.69) is 5.32 Å². The molecule has 1 atom stereocenters. The molecule has 1 fully saturated rings. The van der Waals surface area contributed by atoms with Crippen LogP contribution in [0.25, 0.3) is 0 Å². The highest BCUT2D eigenvalue weighted by Gasteiger charge is 2.17. The van der Waals surface area contributed by atoms with Gasteiger partial charge in [-0.1, -0.05) is 6.07 Å². The molecule has 1 amide bonds. The molecule has 1 heterocycles. The molecule has 6 heteroatoms. The van der Waals surface area contributed by atoms with E-state index in [-0.39, 0.29) is 18.6 Å². The fourth-order valence-corrected chi connectivity index (χ4v) is 3.10. The molecule has 28 heavy (non-hydrogen) atoms. The van der Waals surface area contributed by atoms with Gasteiger partial charge in [0.1, 0.15) is 23.9 Å². The summed E-state index contributed by atoms with van der Waals surface area (Å²) in [4.78, 5) is 12.5. The van der Waals surface area contributed by atoms with Crippen LogP contribution in [0.3, 0.4) is 0 Å². The van der Waals surface area contributed by atoms with E-state index in [1.807, 2.05) is 43.3 Å². The van der Waals surface area contributed by atoms with Crippen LogP contribution in [-0.2, 0) is 11.3 Å². The first-order chi connectivity index (χ1) is 13.7. The van der Waals surface area contributed by atoms with E-state index in [1.165, 1.54) is 0 Å². The lowest BCUT2D eigenvalue weighted by Crippen LogP contribution is -2.31. The van der Waals surface area contributed by atoms with Crippen molar-refractivity contribution in [1.29, 1.82) is 0 Å². The van der Waals surface area contributed by atoms with Crippen molar-refractivity contribution in [3.8, 4) is 17.2 Å². The Labute approximate surface area is 165 Å². The minimum absolute atomic E-state index is 0.113. The van der Waals surface area contributed by atoms with Crippen molar-refractivity contribution in [2.45, 2.75) is 32.5 Å². The quantitative estimate of drug-likeness (QED) is 0.715. The zero-order chi connectivity index (χ0) is 19.8. The average molecular weight is 385 g/mol. The first-order valence-electron chi connectivity index (χ1n) is 9.62. The largest absolute Gasteiger partial charge is 0.497 e. The van der Waals surface area contributed by atoms with Crippen LogP contribution in [0.5, 0.6) is 17.2 Å². The number of hydrogen-bond donors (Lipinski definition) is 1. The van der Waals surface area contributed by atoms with Crippen molar-refractivity contribution < 1.29 is 23.7 Å². The first kappa shape index (κ1) is 20.0. The Balaban J connectivity index is 1.68. The monoisotopic (exact) mass is 385 g/mol. The fourth-order valence-electron chi connectivity index (χ4n) is 3.10. The third-order valence-electron chi connectivity index (χ3n) is 4.57. The fraction of sp³-hybridized carbons (Fsp3) is 0.409. The zero-order valence-corrected chi connectivity index (χ0v) is 16.4. The van der Waals surface area contributed by atoms with Crippen LogP contribution in [0.4, 0.5) is 0 Å². The summed E-state index contributed by atoms with van der Waals surface area (Å²) in [5.74, 6) is 2.00. The van der Waals surface area contributed by atoms with Gasteiger partial charge in [-0.25, -0.2) is 0 Å². The lowest BCUT2D eigenvalue weighted by Gasteiger charge is -2.15. The summed E-state index contributed by atoms with van der Waals surface area (Å²) >= 11 is 0. The standard InChI is InChI=1S/C22H27NO5/c1-3-26-21-10-9-16(22(24)23-14-20-8-5-11-27-20)12-17(21)15-28-19-7-4-6-18(13-19)25-2/h4,6-7,9-10,12-13,20H,3,5,8,11,14-15H2,1-2H3,(H,23,24)/t20-/m1/s1. The molecule has 6 nitrogen and oxygen atoms in total. The van der Waals surface area contributed by atoms with Crippen LogP contribution in [0, 0.1) is 0 Å². The normalized spacial score (nSPS) is 15.9. The number of hydrogen-bond acceptors (Lipinski definition) is 5. The van der Waals surface area contributed by atoms with Crippen molar-refractivity contribution in [2.24, 2.45) is 0 Å². The predicted molar refractivity (Wildman–Crippen MR) is 106 cm³/mol. The highest BCUT2D eigenvalue weighted by Crippen LogP contribution is 2.25. The highest BCUT2D eigenvalue weighted by molar-refractivity contribution is 5.94. The number of nitrogens with one attached hydrogen (secondary N) is 1. The van der Waals surface area contributed by atoms with Crippen molar-refractivity contribution in [3.63, 3.8) is 0 Å². The Morgan fingerprint density at radius 3 is 2.79 bits per heavy atom. The molecule has 1 aliphatic heterocycles. The number of carbonyl (C=O) groups excluding carboxylic acids is 1. The Bertz CT molecular complexity index is 786. The second kappa shape index (κ2) is 9.99. The van der Waals surface area contributed by atoms with Crippen LogP contribution in [0.15, 0.2) is 42.5 Å². The van der Waals surface area contributed by atoms with Gasteiger partial charge >= 0.3 is 0 Å². The molecule has 2 aromatic rings. The van der Waals surface area contributed by atoms with Crippen molar-refractivity contribution in [2.75, 3.05) is 26.9 Å². The minimum atomic E-state index is -0.124. The van der Waals surface area contributed by atoms with Gasteiger partial charge in [0.05, 0.1) is 19.8 Å². The summed E-state index contributed by atoms with van der Waals surface area (Å²) in [6.45, 7) is 4.05. The lowest BCUT2D eigenvalue weighted by molar-refractivity contribution is 0.0857. The second-order valence-corrected chi connectivity index (χ2v) is 6.57. The number of methoxy groups -OCH3 is 1. The van der Waals surface area contributed by atoms with Crippen LogP contribution in [-0.4, -0.2) is 38.9 Å². The van der Waals surface area contributed by atoms with E-state index < -0.39 is 0 Å². The summed E-state index contributed by atoms with van der Waals surface area (Å²) in [6, 6.07) is 12.8. The zero-order valence-electron chi connectivity index (χ0n) is 16.4. The van der Waals surface area contributed by atoms with E-state index in [0.29, 0.717) is 30.2 Å². The SMILES string of the molecule is CCOc1ccc(C(=O)NC[C@H]2CCCO2)cc1COc1cccc(OC)c1. The van der Waals surface area contributed by atoms with Gasteiger partial charge in [0.25, 0.3) is 5.91 Å². The predicted octanol–water partition coefficient (Wildman–Crippen LogP) is 3.58. The topological polar surface area (TPSA) is 66.0 Å². The molecule has 1 N–H and O–H groups in total. The molecule has 3 rings (SSSR count). The van der Waals surface area contributed by atoms with Gasteiger partial charge in [0, 0.05) is 30.3 Å². The maximum atomic E-state index is 12.5. The average Bonchev–Trinajstić information content (AvgIpc) is 3.25. The van der Waals surface area contributed by atoms with E-state index >= 15 is 0 Å². The summed E-state index contributed by atoms with van der Waals surface area (Å²) < 4.78 is 22.4. The molecule has 0 bridgehead atoms. The maximum absolute atomic E-state index is 12.5. The van der Waals surface area contributed by atoms with E-state index in [4.69, 9.17) is 18.9 Å². The first-order valence-corrected chi connectivity index (χ1v) is 9.62. The summed E-state index contributed by atoms with van der Waals surface area (Å²) in [7, 11) is 1.62. The van der Waals surface area contributed by atoms with E-state index in [1.54, 1.807) is 13.2 Å². The van der Waals surface area contributed by atoms with Gasteiger partial charge in [-0.15, -0.1) is 0 Å². The van der Waals surface area contributed by atoms with Gasteiger partial charge in [-0.05, 0) is 50.1 Å². The van der Waals surface area contributed by atoms with Gasteiger partial charge in [-0.2, -0.15) is 0 Å². The molecular formula is C22H27NO5. The molecule has 2 aromatic carbocycles. The Morgan fingerprint density at radius 2 is 2.04 bits per heavy atom.